The summed E-state index contributed by atoms with van der Waals surface area (Å²) in [6, 6.07) is 18.2. The highest BCUT2D eigenvalue weighted by Gasteiger charge is 2.06. The Bertz CT molecular complexity index is 926. The number of nitrogens with one attached hydrogen (secondary N) is 1. The van der Waals surface area contributed by atoms with Crippen LogP contribution in [0.2, 0.25) is 0 Å². The lowest BCUT2D eigenvalue weighted by atomic mass is 10.1. The van der Waals surface area contributed by atoms with Gasteiger partial charge in [0, 0.05) is 13.6 Å². The van der Waals surface area contributed by atoms with E-state index in [0.717, 1.165) is 23.3 Å². The van der Waals surface area contributed by atoms with Crippen LogP contribution in [0.25, 0.3) is 0 Å². The van der Waals surface area contributed by atoms with Gasteiger partial charge < -0.3 is 10.1 Å². The van der Waals surface area contributed by atoms with Gasteiger partial charge in [-0.05, 0) is 45.6 Å². The molecular weight excluding hydrogens is 394 g/mol. The molecule has 0 aliphatic rings. The van der Waals surface area contributed by atoms with Gasteiger partial charge in [0.2, 0.25) is 0 Å². The van der Waals surface area contributed by atoms with Crippen LogP contribution in [-0.2, 0) is 20.1 Å². The van der Waals surface area contributed by atoms with E-state index in [9.17, 15) is 4.79 Å². The summed E-state index contributed by atoms with van der Waals surface area (Å²) in [6.45, 7) is 1.24. The largest absolute Gasteiger partial charge is 0.489 e. The second kappa shape index (κ2) is 8.67. The molecule has 0 saturated heterocycles. The van der Waals surface area contributed by atoms with E-state index in [1.165, 1.54) is 4.68 Å². The smallest absolute Gasteiger partial charge is 0.282 e. The summed E-state index contributed by atoms with van der Waals surface area (Å²) in [6.07, 6.45) is 2.45. The van der Waals surface area contributed by atoms with Crippen LogP contribution in [0.3, 0.4) is 0 Å². The van der Waals surface area contributed by atoms with Crippen molar-refractivity contribution in [2.45, 2.75) is 13.0 Å². The third-order valence-corrected chi connectivity index (χ3v) is 4.72. The average Bonchev–Trinajstić information content (AvgIpc) is 2.67. The van der Waals surface area contributed by atoms with Crippen LogP contribution in [0.1, 0.15) is 11.1 Å². The Hall–Kier alpha value is -2.60. The standard InChI is InChI=1S/C20H20BrN3O2/c1-24-20(25)19(21)18(13-23-24)22-11-10-15-8-5-9-17(12-15)26-14-16-6-3-2-4-7-16/h2-9,12-13,22H,10-11,14H2,1H3. The number of hydrogen-bond acceptors (Lipinski definition) is 4. The molecule has 1 heterocycles. The molecule has 1 N–H and O–H groups in total. The maximum Gasteiger partial charge on any atom is 0.282 e. The molecule has 2 aromatic carbocycles. The van der Waals surface area contributed by atoms with E-state index in [1.54, 1.807) is 13.2 Å². The summed E-state index contributed by atoms with van der Waals surface area (Å²) in [5, 5.41) is 7.27. The number of aryl methyl sites for hydroxylation is 1. The van der Waals surface area contributed by atoms with Crippen molar-refractivity contribution in [3.8, 4) is 5.75 Å². The Balaban J connectivity index is 1.56. The summed E-state index contributed by atoms with van der Waals surface area (Å²) in [5.41, 5.74) is 2.84. The molecule has 3 rings (SSSR count). The third kappa shape index (κ3) is 4.73. The molecule has 1 aromatic heterocycles. The van der Waals surface area contributed by atoms with Gasteiger partial charge in [-0.15, -0.1) is 0 Å². The highest BCUT2D eigenvalue weighted by Crippen LogP contribution is 2.18. The SMILES string of the molecule is Cn1ncc(NCCc2cccc(OCc3ccccc3)c2)c(Br)c1=O. The van der Waals surface area contributed by atoms with Gasteiger partial charge >= 0.3 is 0 Å². The number of anilines is 1. The predicted molar refractivity (Wildman–Crippen MR) is 107 cm³/mol. The van der Waals surface area contributed by atoms with Crippen LogP contribution in [0.5, 0.6) is 5.75 Å². The molecule has 0 unspecified atom stereocenters. The summed E-state index contributed by atoms with van der Waals surface area (Å²) in [7, 11) is 1.62. The number of ether oxygens (including phenoxy) is 1. The second-order valence-corrected chi connectivity index (χ2v) is 6.69. The van der Waals surface area contributed by atoms with E-state index in [-0.39, 0.29) is 5.56 Å². The van der Waals surface area contributed by atoms with Gasteiger partial charge in [-0.3, -0.25) is 4.79 Å². The third-order valence-electron chi connectivity index (χ3n) is 3.95. The van der Waals surface area contributed by atoms with Crippen molar-refractivity contribution in [3.63, 3.8) is 0 Å². The highest BCUT2D eigenvalue weighted by molar-refractivity contribution is 9.10. The zero-order chi connectivity index (χ0) is 18.4. The lowest BCUT2D eigenvalue weighted by Gasteiger charge is -2.10. The molecule has 5 nitrogen and oxygen atoms in total. The minimum absolute atomic E-state index is 0.161. The molecule has 0 saturated carbocycles. The van der Waals surface area contributed by atoms with Gasteiger partial charge in [0.15, 0.2) is 0 Å². The normalized spacial score (nSPS) is 10.5. The van der Waals surface area contributed by atoms with Crippen molar-refractivity contribution in [1.82, 2.24) is 9.78 Å². The van der Waals surface area contributed by atoms with Crippen molar-refractivity contribution >= 4 is 21.6 Å². The average molecular weight is 414 g/mol. The minimum Gasteiger partial charge on any atom is -0.489 e. The van der Waals surface area contributed by atoms with Crippen LogP contribution >= 0.6 is 15.9 Å². The van der Waals surface area contributed by atoms with Gasteiger partial charge in [0.25, 0.3) is 5.56 Å². The Labute approximate surface area is 160 Å². The lowest BCUT2D eigenvalue weighted by Crippen LogP contribution is -2.21. The molecular formula is C20H20BrN3O2. The van der Waals surface area contributed by atoms with Crippen molar-refractivity contribution in [2.75, 3.05) is 11.9 Å². The van der Waals surface area contributed by atoms with Gasteiger partial charge in [0.05, 0.1) is 11.9 Å². The van der Waals surface area contributed by atoms with E-state index >= 15 is 0 Å². The Morgan fingerprint density at radius 3 is 2.69 bits per heavy atom. The summed E-state index contributed by atoms with van der Waals surface area (Å²) in [5.74, 6) is 0.850. The number of halogens is 1. The molecule has 0 aliphatic carbocycles. The monoisotopic (exact) mass is 413 g/mol. The van der Waals surface area contributed by atoms with Crippen LogP contribution in [-0.4, -0.2) is 16.3 Å². The molecule has 3 aromatic rings. The topological polar surface area (TPSA) is 56.1 Å². The number of benzene rings is 2. The summed E-state index contributed by atoms with van der Waals surface area (Å²) >= 11 is 3.32. The first-order valence-electron chi connectivity index (χ1n) is 8.35. The van der Waals surface area contributed by atoms with E-state index < -0.39 is 0 Å². The Morgan fingerprint density at radius 1 is 1.12 bits per heavy atom. The second-order valence-electron chi connectivity index (χ2n) is 5.90. The molecule has 0 aliphatic heterocycles. The zero-order valence-corrected chi connectivity index (χ0v) is 16.1. The zero-order valence-electron chi connectivity index (χ0n) is 14.5. The van der Waals surface area contributed by atoms with Gasteiger partial charge in [0.1, 0.15) is 16.8 Å². The Morgan fingerprint density at radius 2 is 1.88 bits per heavy atom. The lowest BCUT2D eigenvalue weighted by molar-refractivity contribution is 0.306. The molecule has 134 valence electrons. The van der Waals surface area contributed by atoms with Crippen molar-refractivity contribution in [1.29, 1.82) is 0 Å². The molecule has 0 fully saturated rings. The van der Waals surface area contributed by atoms with Gasteiger partial charge in [-0.1, -0.05) is 42.5 Å². The maximum absolute atomic E-state index is 11.9. The fourth-order valence-electron chi connectivity index (χ4n) is 2.51. The fraction of sp³-hybridized carbons (Fsp3) is 0.200. The molecule has 0 atom stereocenters. The van der Waals surface area contributed by atoms with Gasteiger partial charge in [-0.25, -0.2) is 4.68 Å². The molecule has 26 heavy (non-hydrogen) atoms. The molecule has 0 amide bonds. The van der Waals surface area contributed by atoms with E-state index in [4.69, 9.17) is 4.74 Å². The van der Waals surface area contributed by atoms with Gasteiger partial charge in [-0.2, -0.15) is 5.10 Å². The number of aromatic nitrogens is 2. The number of rotatable bonds is 7. The first-order valence-corrected chi connectivity index (χ1v) is 9.14. The minimum atomic E-state index is -0.161. The maximum atomic E-state index is 11.9. The summed E-state index contributed by atoms with van der Waals surface area (Å²) < 4.78 is 7.65. The number of nitrogens with zero attached hydrogens (tertiary/aromatic N) is 2. The summed E-state index contributed by atoms with van der Waals surface area (Å²) in [4.78, 5) is 11.9. The van der Waals surface area contributed by atoms with Crippen LogP contribution < -0.4 is 15.6 Å². The van der Waals surface area contributed by atoms with E-state index in [2.05, 4.69) is 32.4 Å². The van der Waals surface area contributed by atoms with Crippen molar-refractivity contribution < 1.29 is 4.74 Å². The van der Waals surface area contributed by atoms with Crippen LogP contribution in [0, 0.1) is 0 Å². The molecule has 0 radical (unpaired) electrons. The van der Waals surface area contributed by atoms with Crippen molar-refractivity contribution in [3.05, 3.63) is 86.7 Å². The Kier molecular flexibility index (Phi) is 6.07. The highest BCUT2D eigenvalue weighted by atomic mass is 79.9. The first-order chi connectivity index (χ1) is 12.6. The van der Waals surface area contributed by atoms with Crippen molar-refractivity contribution in [2.24, 2.45) is 7.05 Å². The predicted octanol–water partition coefficient (Wildman–Crippen LogP) is 3.78. The molecule has 0 bridgehead atoms. The molecule has 0 spiro atoms. The first kappa shape index (κ1) is 18.2. The van der Waals surface area contributed by atoms with E-state index in [0.29, 0.717) is 23.3 Å². The fourth-order valence-corrected chi connectivity index (χ4v) is 3.01. The quantitative estimate of drug-likeness (QED) is 0.640. The van der Waals surface area contributed by atoms with E-state index in [1.807, 2.05) is 48.5 Å². The van der Waals surface area contributed by atoms with Crippen LogP contribution in [0.4, 0.5) is 5.69 Å². The van der Waals surface area contributed by atoms with Crippen LogP contribution in [0.15, 0.2) is 70.1 Å². The molecule has 6 heteroatoms. The number of hydrogen-bond donors (Lipinski definition) is 1.